The van der Waals surface area contributed by atoms with Crippen molar-refractivity contribution in [3.8, 4) is 0 Å². The van der Waals surface area contributed by atoms with E-state index in [9.17, 15) is 14.7 Å². The average Bonchev–Trinajstić information content (AvgIpc) is 2.59. The molecule has 2 atom stereocenters. The van der Waals surface area contributed by atoms with Gasteiger partial charge < -0.3 is 14.9 Å². The number of nitrogens with one attached hydrogen (secondary N) is 2. The van der Waals surface area contributed by atoms with Gasteiger partial charge in [-0.2, -0.15) is 0 Å². The first kappa shape index (κ1) is 23.1. The monoisotopic (exact) mass is 342 g/mol. The summed E-state index contributed by atoms with van der Waals surface area (Å²) in [7, 11) is -0.120. The van der Waals surface area contributed by atoms with E-state index in [1.807, 2.05) is 0 Å². The highest BCUT2D eigenvalue weighted by Gasteiger charge is 2.35. The second-order valence-corrected chi connectivity index (χ2v) is 6.24. The van der Waals surface area contributed by atoms with Crippen LogP contribution in [0.1, 0.15) is 65.7 Å². The SMILES string of the molecule is CCCCCC(CC)CC(O)(CC)C(=O)COBNBC(=O)NO. The van der Waals surface area contributed by atoms with Gasteiger partial charge in [-0.25, -0.2) is 5.48 Å². The van der Waals surface area contributed by atoms with E-state index < -0.39 is 11.4 Å². The van der Waals surface area contributed by atoms with E-state index in [0.29, 0.717) is 18.8 Å². The van der Waals surface area contributed by atoms with Crippen LogP contribution in [-0.2, 0) is 9.45 Å². The number of unbranched alkanes of at least 4 members (excludes halogenated alkanes) is 2. The Morgan fingerprint density at radius 2 is 1.96 bits per heavy atom. The number of aliphatic hydroxyl groups is 1. The van der Waals surface area contributed by atoms with Crippen molar-refractivity contribution >= 4 is 26.6 Å². The van der Waals surface area contributed by atoms with E-state index in [2.05, 4.69) is 19.0 Å². The molecule has 0 aliphatic rings. The Morgan fingerprint density at radius 3 is 2.50 bits per heavy atom. The molecule has 0 aliphatic heterocycles. The standard InChI is InChI=1S/C15H32B2N2O5/c1-4-7-8-9-12(5-2)10-15(22,6-3)13(20)11-24-17-19-16-14(21)18-23/h12,16-17,19,22-23H,4-11H2,1-3H3,(H,18,21). The van der Waals surface area contributed by atoms with Crippen LogP contribution in [0, 0.1) is 5.92 Å². The maximum atomic E-state index is 12.3. The van der Waals surface area contributed by atoms with Crippen LogP contribution >= 0.6 is 0 Å². The lowest BCUT2D eigenvalue weighted by Crippen LogP contribution is -2.44. The number of carbonyl (C=O) groups is 2. The fraction of sp³-hybridized carbons (Fsp3) is 0.867. The molecule has 0 bridgehead atoms. The third kappa shape index (κ3) is 9.42. The number of carbonyl (C=O) groups excluding carboxylic acids is 2. The summed E-state index contributed by atoms with van der Waals surface area (Å²) in [5, 5.41) is 21.6. The number of hydrogen-bond donors (Lipinski definition) is 4. The van der Waals surface area contributed by atoms with Crippen LogP contribution in [0.2, 0.25) is 0 Å². The molecule has 2 unspecified atom stereocenters. The quantitative estimate of drug-likeness (QED) is 0.153. The number of rotatable bonds is 15. The zero-order valence-corrected chi connectivity index (χ0v) is 15.3. The molecule has 0 saturated carbocycles. The van der Waals surface area contributed by atoms with Crippen LogP contribution < -0.4 is 10.6 Å². The van der Waals surface area contributed by atoms with Gasteiger partial charge in [-0.15, -0.1) is 0 Å². The Labute approximate surface area is 146 Å². The average molecular weight is 342 g/mol. The number of hydroxylamine groups is 1. The molecule has 138 valence electrons. The van der Waals surface area contributed by atoms with Crippen LogP contribution in [0.3, 0.4) is 0 Å². The van der Waals surface area contributed by atoms with Gasteiger partial charge in [0.25, 0.3) is 0 Å². The molecule has 0 saturated heterocycles. The molecule has 0 heterocycles. The highest BCUT2D eigenvalue weighted by Crippen LogP contribution is 2.27. The van der Waals surface area contributed by atoms with Crippen LogP contribution in [0.4, 0.5) is 4.79 Å². The maximum Gasteiger partial charge on any atom is 0.349 e. The molecule has 9 heteroatoms. The van der Waals surface area contributed by atoms with E-state index in [0.717, 1.165) is 25.7 Å². The predicted octanol–water partition coefficient (Wildman–Crippen LogP) is 1.02. The van der Waals surface area contributed by atoms with Crippen molar-refractivity contribution < 1.29 is 24.6 Å². The van der Waals surface area contributed by atoms with Crippen LogP contribution in [0.5, 0.6) is 0 Å². The molecular formula is C15H32B2N2O5. The molecule has 1 amide bonds. The van der Waals surface area contributed by atoms with Crippen LogP contribution in [0.15, 0.2) is 0 Å². The van der Waals surface area contributed by atoms with Crippen LogP contribution in [-0.4, -0.2) is 49.1 Å². The maximum absolute atomic E-state index is 12.3. The second kappa shape index (κ2) is 13.4. The summed E-state index contributed by atoms with van der Waals surface area (Å²) in [6, 6.07) is 0. The molecule has 0 spiro atoms. The second-order valence-electron chi connectivity index (χ2n) is 6.24. The van der Waals surface area contributed by atoms with Gasteiger partial charge in [0, 0.05) is 0 Å². The molecular weight excluding hydrogens is 310 g/mol. The summed E-state index contributed by atoms with van der Waals surface area (Å²) in [5.41, 5.74) is 0.131. The number of Topliss-reactive ketones (excluding diaryl/α,β-unsaturated/α-hetero) is 1. The first-order chi connectivity index (χ1) is 11.4. The Hall–Kier alpha value is -0.890. The number of amides is 1. The molecule has 0 fully saturated rings. The summed E-state index contributed by atoms with van der Waals surface area (Å²) < 4.78 is 5.17. The van der Waals surface area contributed by atoms with Crippen molar-refractivity contribution in [3.63, 3.8) is 0 Å². The zero-order valence-electron chi connectivity index (χ0n) is 15.3. The topological polar surface area (TPSA) is 108 Å². The molecule has 7 nitrogen and oxygen atoms in total. The van der Waals surface area contributed by atoms with E-state index in [1.54, 1.807) is 6.92 Å². The molecule has 4 N–H and O–H groups in total. The van der Waals surface area contributed by atoms with Crippen molar-refractivity contribution in [3.05, 3.63) is 0 Å². The minimum absolute atomic E-state index is 0.00728. The molecule has 0 radical (unpaired) electrons. The third-order valence-electron chi connectivity index (χ3n) is 4.37. The van der Waals surface area contributed by atoms with Gasteiger partial charge in [-0.1, -0.05) is 52.9 Å². The zero-order chi connectivity index (χ0) is 18.4. The third-order valence-corrected chi connectivity index (χ3v) is 4.37. The summed E-state index contributed by atoms with van der Waals surface area (Å²) in [6.45, 7) is 5.84. The molecule has 0 aromatic rings. The van der Waals surface area contributed by atoms with Gasteiger partial charge in [0.15, 0.2) is 5.78 Å². The van der Waals surface area contributed by atoms with E-state index in [4.69, 9.17) is 9.86 Å². The van der Waals surface area contributed by atoms with Gasteiger partial charge in [-0.3, -0.25) is 14.8 Å². The fourth-order valence-corrected chi connectivity index (χ4v) is 2.62. The fourth-order valence-electron chi connectivity index (χ4n) is 2.62. The minimum Gasteiger partial charge on any atom is -0.417 e. The summed E-state index contributed by atoms with van der Waals surface area (Å²) in [4.78, 5) is 23.1. The minimum atomic E-state index is -1.35. The van der Waals surface area contributed by atoms with Crippen LogP contribution in [0.25, 0.3) is 0 Å². The molecule has 0 aliphatic carbocycles. The van der Waals surface area contributed by atoms with Crippen molar-refractivity contribution in [2.45, 2.75) is 71.3 Å². The highest BCUT2D eigenvalue weighted by atomic mass is 16.5. The van der Waals surface area contributed by atoms with Crippen molar-refractivity contribution in [1.29, 1.82) is 0 Å². The van der Waals surface area contributed by atoms with Crippen molar-refractivity contribution in [2.75, 3.05) is 6.61 Å². The van der Waals surface area contributed by atoms with Gasteiger partial charge in [0.2, 0.25) is 5.81 Å². The first-order valence-electron chi connectivity index (χ1n) is 8.90. The Bertz CT molecular complexity index is 374. The largest absolute Gasteiger partial charge is 0.417 e. The Balaban J connectivity index is 4.29. The van der Waals surface area contributed by atoms with E-state index in [-0.39, 0.29) is 27.4 Å². The lowest BCUT2D eigenvalue weighted by atomic mass is 9.81. The summed E-state index contributed by atoms with van der Waals surface area (Å²) in [5.74, 6) is -0.586. The summed E-state index contributed by atoms with van der Waals surface area (Å²) >= 11 is 0. The van der Waals surface area contributed by atoms with Gasteiger partial charge in [-0.05, 0) is 18.8 Å². The van der Waals surface area contributed by atoms with Crippen molar-refractivity contribution in [1.82, 2.24) is 10.6 Å². The lowest BCUT2D eigenvalue weighted by molar-refractivity contribution is -0.142. The molecule has 0 aromatic carbocycles. The van der Waals surface area contributed by atoms with E-state index >= 15 is 0 Å². The number of ketones is 1. The highest BCUT2D eigenvalue weighted by molar-refractivity contribution is 6.75. The van der Waals surface area contributed by atoms with Gasteiger partial charge in [0.05, 0.1) is 6.61 Å². The van der Waals surface area contributed by atoms with Gasteiger partial charge in [0.1, 0.15) is 5.60 Å². The smallest absolute Gasteiger partial charge is 0.349 e. The van der Waals surface area contributed by atoms with Gasteiger partial charge >= 0.3 is 15.0 Å². The van der Waals surface area contributed by atoms with Crippen molar-refractivity contribution in [2.24, 2.45) is 5.92 Å². The Morgan fingerprint density at radius 1 is 1.25 bits per heavy atom. The number of hydrogen-bond acceptors (Lipinski definition) is 6. The first-order valence-corrected chi connectivity index (χ1v) is 8.90. The molecule has 24 heavy (non-hydrogen) atoms. The Kier molecular flexibility index (Phi) is 12.9. The summed E-state index contributed by atoms with van der Waals surface area (Å²) in [6.07, 6.45) is 6.24. The molecule has 0 aromatic heterocycles. The molecule has 0 rings (SSSR count). The van der Waals surface area contributed by atoms with E-state index in [1.165, 1.54) is 11.9 Å². The lowest BCUT2D eigenvalue weighted by Gasteiger charge is -2.29. The predicted molar refractivity (Wildman–Crippen MR) is 96.5 cm³/mol. The normalized spacial score (nSPS) is 14.5.